The summed E-state index contributed by atoms with van der Waals surface area (Å²) in [7, 11) is 0. The van der Waals surface area contributed by atoms with Crippen molar-refractivity contribution in [2.75, 3.05) is 5.32 Å². The molecule has 5 nitrogen and oxygen atoms in total. The van der Waals surface area contributed by atoms with Crippen LogP contribution in [0.2, 0.25) is 0 Å². The average molecular weight is 306 g/mol. The largest absolute Gasteiger partial charge is 0.366 e. The third-order valence-electron chi connectivity index (χ3n) is 2.93. The number of rotatable bonds is 4. The maximum atomic E-state index is 12.5. The normalized spacial score (nSPS) is 13.5. The maximum Gasteiger partial charge on any atom is 0.254 e. The zero-order chi connectivity index (χ0) is 17.1. The van der Waals surface area contributed by atoms with E-state index in [9.17, 15) is 9.59 Å². The van der Waals surface area contributed by atoms with Crippen molar-refractivity contribution in [3.05, 3.63) is 29.8 Å². The number of benzene rings is 1. The zero-order valence-electron chi connectivity index (χ0n) is 14.2. The van der Waals surface area contributed by atoms with Crippen molar-refractivity contribution in [1.82, 2.24) is 0 Å². The number of hydrogen-bond donors (Lipinski definition) is 2. The molecule has 0 spiro atoms. The van der Waals surface area contributed by atoms with E-state index in [1.807, 2.05) is 41.5 Å². The molecule has 1 rings (SSSR count). The van der Waals surface area contributed by atoms with Crippen molar-refractivity contribution < 1.29 is 14.3 Å². The summed E-state index contributed by atoms with van der Waals surface area (Å²) in [5.74, 6) is -0.712. The fraction of sp³-hybridized carbons (Fsp3) is 0.529. The first-order valence-electron chi connectivity index (χ1n) is 7.29. The monoisotopic (exact) mass is 306 g/mol. The van der Waals surface area contributed by atoms with Gasteiger partial charge in [-0.15, -0.1) is 0 Å². The minimum Gasteiger partial charge on any atom is -0.366 e. The predicted octanol–water partition coefficient (Wildman–Crippen LogP) is 2.95. The SMILES string of the molecule is CC(C)(C)OC(C(=O)Nc1ccc(C(N)=O)cc1)C(C)(C)C. The fourth-order valence-corrected chi connectivity index (χ4v) is 1.90. The number of amides is 2. The van der Waals surface area contributed by atoms with Gasteiger partial charge in [-0.05, 0) is 50.5 Å². The lowest BCUT2D eigenvalue weighted by Gasteiger charge is -2.35. The molecule has 0 aliphatic rings. The molecule has 0 aliphatic heterocycles. The van der Waals surface area contributed by atoms with Crippen LogP contribution >= 0.6 is 0 Å². The minimum atomic E-state index is -0.594. The summed E-state index contributed by atoms with van der Waals surface area (Å²) in [5, 5.41) is 2.82. The van der Waals surface area contributed by atoms with E-state index in [2.05, 4.69) is 5.32 Å². The minimum absolute atomic E-state index is 0.214. The van der Waals surface area contributed by atoms with Crippen molar-refractivity contribution in [2.24, 2.45) is 11.1 Å². The van der Waals surface area contributed by atoms with Crippen molar-refractivity contribution in [3.63, 3.8) is 0 Å². The number of anilines is 1. The van der Waals surface area contributed by atoms with Gasteiger partial charge in [-0.2, -0.15) is 0 Å². The third kappa shape index (κ3) is 5.48. The highest BCUT2D eigenvalue weighted by Crippen LogP contribution is 2.27. The summed E-state index contributed by atoms with van der Waals surface area (Å²) in [6.45, 7) is 11.6. The highest BCUT2D eigenvalue weighted by Gasteiger charge is 2.35. The van der Waals surface area contributed by atoms with Gasteiger partial charge in [0.1, 0.15) is 6.10 Å². The van der Waals surface area contributed by atoms with Crippen LogP contribution in [-0.4, -0.2) is 23.5 Å². The van der Waals surface area contributed by atoms with E-state index in [0.717, 1.165) is 0 Å². The van der Waals surface area contributed by atoms with E-state index in [1.54, 1.807) is 24.3 Å². The second-order valence-corrected chi connectivity index (χ2v) is 7.41. The Bertz CT molecular complexity index is 537. The van der Waals surface area contributed by atoms with Crippen LogP contribution in [0.15, 0.2) is 24.3 Å². The van der Waals surface area contributed by atoms with Crippen LogP contribution in [0.4, 0.5) is 5.69 Å². The lowest BCUT2D eigenvalue weighted by Crippen LogP contribution is -2.45. The molecule has 0 saturated carbocycles. The molecule has 0 fully saturated rings. The van der Waals surface area contributed by atoms with Crippen LogP contribution in [0, 0.1) is 5.41 Å². The second kappa shape index (κ2) is 6.48. The second-order valence-electron chi connectivity index (χ2n) is 7.41. The van der Waals surface area contributed by atoms with Crippen molar-refractivity contribution in [1.29, 1.82) is 0 Å². The summed E-state index contributed by atoms with van der Waals surface area (Å²) in [6, 6.07) is 6.45. The Kier molecular flexibility index (Phi) is 5.35. The molecule has 0 aromatic heterocycles. The number of nitrogens with two attached hydrogens (primary N) is 1. The molecule has 1 atom stereocenters. The van der Waals surface area contributed by atoms with E-state index in [-0.39, 0.29) is 11.3 Å². The van der Waals surface area contributed by atoms with Gasteiger partial charge in [-0.1, -0.05) is 20.8 Å². The molecule has 122 valence electrons. The number of ether oxygens (including phenoxy) is 1. The summed E-state index contributed by atoms with van der Waals surface area (Å²) < 4.78 is 5.91. The highest BCUT2D eigenvalue weighted by atomic mass is 16.5. The van der Waals surface area contributed by atoms with Gasteiger partial charge in [0.15, 0.2) is 0 Å². The standard InChI is InChI=1S/C17H26N2O3/c1-16(2,3)13(22-17(4,5)6)15(21)19-12-9-7-11(8-10-12)14(18)20/h7-10,13H,1-6H3,(H2,18,20)(H,19,21). The van der Waals surface area contributed by atoms with Crippen LogP contribution in [-0.2, 0) is 9.53 Å². The summed E-state index contributed by atoms with van der Waals surface area (Å²) in [4.78, 5) is 23.6. The van der Waals surface area contributed by atoms with Crippen LogP contribution in [0.3, 0.4) is 0 Å². The number of hydrogen-bond acceptors (Lipinski definition) is 3. The molecule has 3 N–H and O–H groups in total. The number of carbonyl (C=O) groups excluding carboxylic acids is 2. The molecule has 0 radical (unpaired) electrons. The Morgan fingerprint density at radius 3 is 1.91 bits per heavy atom. The zero-order valence-corrected chi connectivity index (χ0v) is 14.2. The van der Waals surface area contributed by atoms with Crippen LogP contribution < -0.4 is 11.1 Å². The number of nitrogens with one attached hydrogen (secondary N) is 1. The Balaban J connectivity index is 2.89. The molecule has 0 heterocycles. The van der Waals surface area contributed by atoms with Gasteiger partial charge in [0, 0.05) is 11.3 Å². The number of carbonyl (C=O) groups is 2. The van der Waals surface area contributed by atoms with Gasteiger partial charge in [0.2, 0.25) is 5.91 Å². The molecule has 22 heavy (non-hydrogen) atoms. The van der Waals surface area contributed by atoms with E-state index in [1.165, 1.54) is 0 Å². The van der Waals surface area contributed by atoms with Crippen LogP contribution in [0.25, 0.3) is 0 Å². The van der Waals surface area contributed by atoms with Gasteiger partial charge in [0.25, 0.3) is 5.91 Å². The predicted molar refractivity (Wildman–Crippen MR) is 87.7 cm³/mol. The van der Waals surface area contributed by atoms with Crippen molar-refractivity contribution in [3.8, 4) is 0 Å². The van der Waals surface area contributed by atoms with Crippen LogP contribution in [0.1, 0.15) is 51.9 Å². The van der Waals surface area contributed by atoms with Gasteiger partial charge >= 0.3 is 0 Å². The number of primary amides is 1. The lowest BCUT2D eigenvalue weighted by molar-refractivity contribution is -0.149. The summed E-state index contributed by atoms with van der Waals surface area (Å²) >= 11 is 0. The van der Waals surface area contributed by atoms with Gasteiger partial charge in [0.05, 0.1) is 5.60 Å². The first-order chi connectivity index (χ1) is 9.90. The van der Waals surface area contributed by atoms with Gasteiger partial charge in [-0.25, -0.2) is 0 Å². The van der Waals surface area contributed by atoms with E-state index in [4.69, 9.17) is 10.5 Å². The van der Waals surface area contributed by atoms with Gasteiger partial charge in [-0.3, -0.25) is 9.59 Å². The summed E-state index contributed by atoms with van der Waals surface area (Å²) in [5.41, 5.74) is 5.42. The Labute approximate surface area is 132 Å². The maximum absolute atomic E-state index is 12.5. The molecular weight excluding hydrogens is 280 g/mol. The Morgan fingerprint density at radius 1 is 1.05 bits per heavy atom. The third-order valence-corrected chi connectivity index (χ3v) is 2.93. The Hall–Kier alpha value is -1.88. The van der Waals surface area contributed by atoms with Crippen molar-refractivity contribution >= 4 is 17.5 Å². The molecule has 5 heteroatoms. The van der Waals surface area contributed by atoms with E-state index in [0.29, 0.717) is 11.3 Å². The topological polar surface area (TPSA) is 81.4 Å². The summed E-state index contributed by atoms with van der Waals surface area (Å²) in [6.07, 6.45) is -0.594. The molecule has 0 saturated heterocycles. The smallest absolute Gasteiger partial charge is 0.254 e. The molecule has 2 amide bonds. The first-order valence-corrected chi connectivity index (χ1v) is 7.29. The average Bonchev–Trinajstić information content (AvgIpc) is 2.34. The molecule has 1 unspecified atom stereocenters. The first kappa shape index (κ1) is 18.2. The van der Waals surface area contributed by atoms with Crippen LogP contribution in [0.5, 0.6) is 0 Å². The quantitative estimate of drug-likeness (QED) is 0.897. The van der Waals surface area contributed by atoms with E-state index >= 15 is 0 Å². The fourth-order valence-electron chi connectivity index (χ4n) is 1.90. The van der Waals surface area contributed by atoms with E-state index < -0.39 is 17.6 Å². The molecule has 0 bridgehead atoms. The van der Waals surface area contributed by atoms with Gasteiger partial charge < -0.3 is 15.8 Å². The highest BCUT2D eigenvalue weighted by molar-refractivity contribution is 5.96. The molecule has 1 aromatic rings. The van der Waals surface area contributed by atoms with Crippen molar-refractivity contribution in [2.45, 2.75) is 53.2 Å². The molecular formula is C17H26N2O3. The lowest BCUT2D eigenvalue weighted by atomic mass is 9.87. The molecule has 0 aliphatic carbocycles. The Morgan fingerprint density at radius 2 is 1.55 bits per heavy atom. The molecule has 1 aromatic carbocycles.